The molecule has 1 aliphatic heterocycles. The molecule has 1 aliphatic carbocycles. The third-order valence-electron chi connectivity index (χ3n) is 5.50. The highest BCUT2D eigenvalue weighted by atomic mass is 35.5. The maximum atomic E-state index is 13.2. The molecule has 136 valence electrons. The van der Waals surface area contributed by atoms with Crippen molar-refractivity contribution in [2.24, 2.45) is 5.41 Å². The molecule has 4 nitrogen and oxygen atoms in total. The lowest BCUT2D eigenvalue weighted by Gasteiger charge is -2.39. The fourth-order valence-electron chi connectivity index (χ4n) is 4.34. The number of rotatable bonds is 1. The van der Waals surface area contributed by atoms with Crippen molar-refractivity contribution in [1.82, 2.24) is 9.78 Å². The second-order valence-corrected chi connectivity index (χ2v) is 8.66. The number of nitrogens with one attached hydrogen (secondary N) is 1. The topological polar surface area (TPSA) is 46.9 Å². The van der Waals surface area contributed by atoms with Gasteiger partial charge in [-0.2, -0.15) is 5.10 Å². The van der Waals surface area contributed by atoms with Gasteiger partial charge in [-0.25, -0.2) is 4.68 Å². The zero-order valence-corrected chi connectivity index (χ0v) is 16.0. The number of ketones is 1. The number of Topliss-reactive ketones (excluding diaryl/α,β-unsaturated/α-hetero) is 1. The molecule has 5 rings (SSSR count). The third kappa shape index (κ3) is 2.59. The Bertz CT molecular complexity index is 1110. The Morgan fingerprint density at radius 2 is 1.85 bits per heavy atom. The molecule has 0 fully saturated rings. The lowest BCUT2D eigenvalue weighted by atomic mass is 9.73. The fraction of sp³-hybridized carbons (Fsp3) is 0.273. The number of hydrogen-bond acceptors (Lipinski definition) is 3. The fourth-order valence-corrected chi connectivity index (χ4v) is 4.47. The van der Waals surface area contributed by atoms with Gasteiger partial charge in [-0.05, 0) is 41.7 Å². The zero-order valence-electron chi connectivity index (χ0n) is 15.3. The van der Waals surface area contributed by atoms with Crippen LogP contribution in [0.4, 0.5) is 5.82 Å². The minimum atomic E-state index is -0.232. The molecule has 5 heteroatoms. The van der Waals surface area contributed by atoms with Gasteiger partial charge in [0.25, 0.3) is 0 Å². The summed E-state index contributed by atoms with van der Waals surface area (Å²) in [7, 11) is 0. The van der Waals surface area contributed by atoms with Gasteiger partial charge in [-0.3, -0.25) is 4.79 Å². The van der Waals surface area contributed by atoms with Crippen LogP contribution < -0.4 is 5.32 Å². The molecule has 1 aromatic heterocycles. The minimum Gasteiger partial charge on any atom is -0.343 e. The first-order valence-corrected chi connectivity index (χ1v) is 9.57. The summed E-state index contributed by atoms with van der Waals surface area (Å²) in [6, 6.07) is 15.6. The van der Waals surface area contributed by atoms with Crippen LogP contribution in [0, 0.1) is 5.41 Å². The monoisotopic (exact) mass is 377 g/mol. The van der Waals surface area contributed by atoms with Crippen molar-refractivity contribution < 1.29 is 4.79 Å². The zero-order chi connectivity index (χ0) is 18.8. The van der Waals surface area contributed by atoms with Gasteiger partial charge in [0.1, 0.15) is 11.9 Å². The Hall–Kier alpha value is -2.59. The van der Waals surface area contributed by atoms with E-state index in [2.05, 4.69) is 25.2 Å². The van der Waals surface area contributed by atoms with Gasteiger partial charge in [0, 0.05) is 28.1 Å². The van der Waals surface area contributed by atoms with Crippen LogP contribution in [0.1, 0.15) is 38.3 Å². The highest BCUT2D eigenvalue weighted by Gasteiger charge is 2.41. The molecule has 0 saturated heterocycles. The van der Waals surface area contributed by atoms with E-state index < -0.39 is 0 Å². The van der Waals surface area contributed by atoms with Gasteiger partial charge >= 0.3 is 0 Å². The molecule has 1 N–H and O–H groups in total. The van der Waals surface area contributed by atoms with Gasteiger partial charge in [0.2, 0.25) is 0 Å². The predicted molar refractivity (Wildman–Crippen MR) is 108 cm³/mol. The summed E-state index contributed by atoms with van der Waals surface area (Å²) >= 11 is 6.10. The molecule has 2 aromatic carbocycles. The minimum absolute atomic E-state index is 0.0501. The molecule has 0 amide bonds. The van der Waals surface area contributed by atoms with Gasteiger partial charge < -0.3 is 5.32 Å². The molecule has 2 heterocycles. The number of carbonyl (C=O) groups is 1. The SMILES string of the molecule is CC1(C)CC(=O)C2=C(C1)Nc1c3ccccc3nn1C2c1ccc(Cl)cc1. The van der Waals surface area contributed by atoms with Crippen molar-refractivity contribution in [3.8, 4) is 0 Å². The summed E-state index contributed by atoms with van der Waals surface area (Å²) in [5.41, 5.74) is 3.75. The summed E-state index contributed by atoms with van der Waals surface area (Å²) in [6.45, 7) is 4.30. The van der Waals surface area contributed by atoms with Gasteiger partial charge in [0.05, 0.1) is 5.52 Å². The first-order chi connectivity index (χ1) is 12.9. The number of halogens is 1. The van der Waals surface area contributed by atoms with E-state index >= 15 is 0 Å². The molecule has 0 radical (unpaired) electrons. The molecule has 27 heavy (non-hydrogen) atoms. The number of allylic oxidation sites excluding steroid dienone is 2. The second kappa shape index (κ2) is 5.70. The van der Waals surface area contributed by atoms with E-state index in [1.54, 1.807) is 0 Å². The highest BCUT2D eigenvalue weighted by Crippen LogP contribution is 2.47. The quantitative estimate of drug-likeness (QED) is 0.622. The number of aromatic nitrogens is 2. The summed E-state index contributed by atoms with van der Waals surface area (Å²) in [4.78, 5) is 13.2. The molecule has 1 unspecified atom stereocenters. The normalized spacial score (nSPS) is 21.0. The molecule has 0 spiro atoms. The van der Waals surface area contributed by atoms with Crippen molar-refractivity contribution >= 4 is 34.1 Å². The van der Waals surface area contributed by atoms with Crippen LogP contribution in [0.3, 0.4) is 0 Å². The van der Waals surface area contributed by atoms with Crippen LogP contribution in [0.2, 0.25) is 5.02 Å². The first-order valence-electron chi connectivity index (χ1n) is 9.19. The van der Waals surface area contributed by atoms with Crippen molar-refractivity contribution in [3.05, 3.63) is 70.4 Å². The lowest BCUT2D eigenvalue weighted by Crippen LogP contribution is -2.36. The molecule has 0 bridgehead atoms. The van der Waals surface area contributed by atoms with E-state index in [9.17, 15) is 4.79 Å². The number of carbonyl (C=O) groups excluding carboxylic acids is 1. The van der Waals surface area contributed by atoms with E-state index in [0.29, 0.717) is 11.4 Å². The summed E-state index contributed by atoms with van der Waals surface area (Å²) in [5, 5.41) is 10.1. The van der Waals surface area contributed by atoms with Crippen LogP contribution in [0.15, 0.2) is 59.8 Å². The van der Waals surface area contributed by atoms with E-state index in [0.717, 1.165) is 40.0 Å². The molecule has 1 atom stereocenters. The Labute approximate surface area is 162 Å². The average molecular weight is 378 g/mol. The lowest BCUT2D eigenvalue weighted by molar-refractivity contribution is -0.118. The van der Waals surface area contributed by atoms with Crippen LogP contribution in [0.25, 0.3) is 10.9 Å². The van der Waals surface area contributed by atoms with E-state index in [4.69, 9.17) is 16.7 Å². The molecule has 3 aromatic rings. The van der Waals surface area contributed by atoms with Crippen LogP contribution >= 0.6 is 11.6 Å². The molecular weight excluding hydrogens is 358 g/mol. The predicted octanol–water partition coefficient (Wildman–Crippen LogP) is 5.35. The third-order valence-corrected chi connectivity index (χ3v) is 5.75. The Balaban J connectivity index is 1.78. The van der Waals surface area contributed by atoms with Crippen molar-refractivity contribution in [2.75, 3.05) is 5.32 Å². The first kappa shape index (κ1) is 16.6. The van der Waals surface area contributed by atoms with Gasteiger partial charge in [0.15, 0.2) is 5.78 Å². The number of anilines is 1. The average Bonchev–Trinajstić information content (AvgIpc) is 2.98. The number of nitrogens with zero attached hydrogens (tertiary/aromatic N) is 2. The Morgan fingerprint density at radius 1 is 1.11 bits per heavy atom. The van der Waals surface area contributed by atoms with E-state index in [1.807, 2.05) is 47.1 Å². The van der Waals surface area contributed by atoms with Gasteiger partial charge in [-0.15, -0.1) is 0 Å². The number of hydrogen-bond donors (Lipinski definition) is 1. The molecular formula is C22H20ClN3O. The maximum absolute atomic E-state index is 13.2. The van der Waals surface area contributed by atoms with Crippen LogP contribution in [-0.4, -0.2) is 15.6 Å². The van der Waals surface area contributed by atoms with Gasteiger partial charge in [-0.1, -0.05) is 49.7 Å². The Kier molecular flexibility index (Phi) is 3.50. The van der Waals surface area contributed by atoms with E-state index in [1.165, 1.54) is 0 Å². The second-order valence-electron chi connectivity index (χ2n) is 8.22. The number of benzene rings is 2. The highest BCUT2D eigenvalue weighted by molar-refractivity contribution is 6.30. The smallest absolute Gasteiger partial charge is 0.163 e. The maximum Gasteiger partial charge on any atom is 0.163 e. The van der Waals surface area contributed by atoms with Crippen LogP contribution in [-0.2, 0) is 4.79 Å². The van der Waals surface area contributed by atoms with E-state index in [-0.39, 0.29) is 17.2 Å². The summed E-state index contributed by atoms with van der Waals surface area (Å²) < 4.78 is 1.96. The van der Waals surface area contributed by atoms with Crippen molar-refractivity contribution in [2.45, 2.75) is 32.7 Å². The molecule has 0 saturated carbocycles. The number of fused-ring (bicyclic) bond motifs is 3. The Morgan fingerprint density at radius 3 is 2.63 bits per heavy atom. The van der Waals surface area contributed by atoms with Crippen molar-refractivity contribution in [1.29, 1.82) is 0 Å². The van der Waals surface area contributed by atoms with Crippen LogP contribution in [0.5, 0.6) is 0 Å². The molecule has 2 aliphatic rings. The standard InChI is InChI=1S/C22H20ClN3O/c1-22(2)11-17-19(18(27)12-22)20(13-7-9-14(23)10-8-13)26-21(24-17)15-5-3-4-6-16(15)25-26/h3-10,20,24H,11-12H2,1-2H3. The summed E-state index contributed by atoms with van der Waals surface area (Å²) in [6.07, 6.45) is 1.39. The summed E-state index contributed by atoms with van der Waals surface area (Å²) in [5.74, 6) is 1.15. The largest absolute Gasteiger partial charge is 0.343 e. The van der Waals surface area contributed by atoms with Crippen molar-refractivity contribution in [3.63, 3.8) is 0 Å².